The van der Waals surface area contributed by atoms with Crippen LogP contribution in [-0.4, -0.2) is 11.7 Å². The standard InChI is InChI=1S/C7H10N2/c1-4-7(8-5-2)9-6-3/h5H,2-4H2,1H3. The van der Waals surface area contributed by atoms with Gasteiger partial charge in [0.25, 0.3) is 0 Å². The van der Waals surface area contributed by atoms with Crippen LogP contribution >= 0.6 is 0 Å². The third kappa shape index (κ3) is 3.44. The van der Waals surface area contributed by atoms with E-state index in [4.69, 9.17) is 0 Å². The lowest BCUT2D eigenvalue weighted by Crippen LogP contribution is -1.87. The highest BCUT2D eigenvalue weighted by molar-refractivity contribution is 5.88. The highest BCUT2D eigenvalue weighted by Gasteiger charge is 1.84. The Bertz CT molecular complexity index is 162. The predicted octanol–water partition coefficient (Wildman–Crippen LogP) is 1.79. The summed E-state index contributed by atoms with van der Waals surface area (Å²) in [6.07, 6.45) is 2.24. The third-order valence-corrected chi connectivity index (χ3v) is 0.765. The van der Waals surface area contributed by atoms with Gasteiger partial charge in [-0.1, -0.05) is 13.5 Å². The van der Waals surface area contributed by atoms with Gasteiger partial charge in [0.1, 0.15) is 5.84 Å². The molecule has 0 atom stereocenters. The van der Waals surface area contributed by atoms with Crippen LogP contribution in [-0.2, 0) is 0 Å². The normalized spacial score (nSPS) is 10.1. The summed E-state index contributed by atoms with van der Waals surface area (Å²) in [6.45, 7) is 8.72. The molecule has 0 amide bonds. The van der Waals surface area contributed by atoms with Gasteiger partial charge in [-0.05, 0) is 12.4 Å². The van der Waals surface area contributed by atoms with Crippen molar-refractivity contribution in [2.45, 2.75) is 13.3 Å². The summed E-state index contributed by atoms with van der Waals surface area (Å²) in [5.74, 6) is 3.11. The molecule has 0 unspecified atom stereocenters. The Morgan fingerprint density at radius 3 is 2.78 bits per heavy atom. The summed E-state index contributed by atoms with van der Waals surface area (Å²) < 4.78 is 0. The average molecular weight is 122 g/mol. The largest absolute Gasteiger partial charge is 0.241 e. The fourth-order valence-corrected chi connectivity index (χ4v) is 0.396. The second-order valence-electron chi connectivity index (χ2n) is 1.35. The van der Waals surface area contributed by atoms with Crippen LogP contribution in [0, 0.1) is 0 Å². The first-order valence-electron chi connectivity index (χ1n) is 2.75. The van der Waals surface area contributed by atoms with Gasteiger partial charge < -0.3 is 0 Å². The molecule has 0 aliphatic heterocycles. The lowest BCUT2D eigenvalue weighted by atomic mass is 10.4. The Balaban J connectivity index is 4.13. The van der Waals surface area contributed by atoms with Gasteiger partial charge in [-0.15, -0.1) is 0 Å². The number of nitrogens with zero attached hydrogens (tertiary/aromatic N) is 2. The third-order valence-electron chi connectivity index (χ3n) is 0.765. The van der Waals surface area contributed by atoms with E-state index in [0.717, 1.165) is 6.42 Å². The Morgan fingerprint density at radius 1 is 1.78 bits per heavy atom. The first kappa shape index (κ1) is 7.86. The van der Waals surface area contributed by atoms with Crippen molar-refractivity contribution in [3.05, 3.63) is 19.4 Å². The average Bonchev–Trinajstić information content (AvgIpc) is 1.88. The van der Waals surface area contributed by atoms with Crippen LogP contribution in [0.1, 0.15) is 13.3 Å². The molecule has 0 N–H and O–H groups in total. The monoisotopic (exact) mass is 122 g/mol. The van der Waals surface area contributed by atoms with Crippen LogP contribution in [0.3, 0.4) is 0 Å². The van der Waals surface area contributed by atoms with Crippen molar-refractivity contribution in [3.63, 3.8) is 0 Å². The molecule has 0 aromatic rings. The first-order valence-corrected chi connectivity index (χ1v) is 2.75. The SMILES string of the molecule is C=C=NC(CC)=NC=C. The molecule has 0 saturated carbocycles. The number of rotatable bonds is 2. The maximum atomic E-state index is 3.84. The Kier molecular flexibility index (Phi) is 4.37. The highest BCUT2D eigenvalue weighted by atomic mass is 14.9. The molecule has 0 aliphatic rings. The molecule has 0 aliphatic carbocycles. The van der Waals surface area contributed by atoms with Crippen molar-refractivity contribution in [2.24, 2.45) is 9.98 Å². The molecule has 9 heavy (non-hydrogen) atoms. The maximum absolute atomic E-state index is 3.84. The minimum absolute atomic E-state index is 0.708. The summed E-state index contributed by atoms with van der Waals surface area (Å²) >= 11 is 0. The molecule has 0 heterocycles. The molecule has 0 aromatic carbocycles. The summed E-state index contributed by atoms with van der Waals surface area (Å²) in [5, 5.41) is 0. The molecular weight excluding hydrogens is 112 g/mol. The van der Waals surface area contributed by atoms with Gasteiger partial charge in [-0.25, -0.2) is 4.99 Å². The van der Waals surface area contributed by atoms with Crippen molar-refractivity contribution < 1.29 is 0 Å². The summed E-state index contributed by atoms with van der Waals surface area (Å²) in [5.41, 5.74) is 0. The van der Waals surface area contributed by atoms with Gasteiger partial charge in [0.05, 0.1) is 0 Å². The fraction of sp³-hybridized carbons (Fsp3) is 0.286. The summed E-state index contributed by atoms with van der Waals surface area (Å²) in [7, 11) is 0. The molecule has 0 rings (SSSR count). The molecule has 0 aromatic heterocycles. The van der Waals surface area contributed by atoms with Crippen LogP contribution in [0.15, 0.2) is 29.3 Å². The van der Waals surface area contributed by atoms with Crippen LogP contribution in [0.2, 0.25) is 0 Å². The van der Waals surface area contributed by atoms with Gasteiger partial charge in [-0.3, -0.25) is 0 Å². The van der Waals surface area contributed by atoms with Crippen LogP contribution in [0.5, 0.6) is 0 Å². The first-order chi connectivity index (χ1) is 4.35. The van der Waals surface area contributed by atoms with E-state index in [9.17, 15) is 0 Å². The van der Waals surface area contributed by atoms with Gasteiger partial charge in [0, 0.05) is 12.6 Å². The Morgan fingerprint density at radius 2 is 2.44 bits per heavy atom. The van der Waals surface area contributed by atoms with E-state index < -0.39 is 0 Å². The van der Waals surface area contributed by atoms with E-state index in [1.807, 2.05) is 6.92 Å². The number of hydrogen-bond acceptors (Lipinski definition) is 1. The van der Waals surface area contributed by atoms with Crippen LogP contribution < -0.4 is 0 Å². The topological polar surface area (TPSA) is 24.7 Å². The Labute approximate surface area is 55.3 Å². The van der Waals surface area contributed by atoms with Crippen molar-refractivity contribution >= 4 is 11.7 Å². The van der Waals surface area contributed by atoms with E-state index in [-0.39, 0.29) is 0 Å². The predicted molar refractivity (Wildman–Crippen MR) is 41.0 cm³/mol. The Hall–Kier alpha value is -1.14. The van der Waals surface area contributed by atoms with Gasteiger partial charge in [-0.2, -0.15) is 4.99 Å². The van der Waals surface area contributed by atoms with E-state index >= 15 is 0 Å². The van der Waals surface area contributed by atoms with Crippen molar-refractivity contribution in [1.29, 1.82) is 0 Å². The number of aliphatic imine (C=N–C) groups is 2. The van der Waals surface area contributed by atoms with Gasteiger partial charge in [0.2, 0.25) is 0 Å². The van der Waals surface area contributed by atoms with Crippen LogP contribution in [0.25, 0.3) is 0 Å². The molecule has 0 saturated heterocycles. The van der Waals surface area contributed by atoms with Gasteiger partial charge in [0.15, 0.2) is 0 Å². The lowest BCUT2D eigenvalue weighted by molar-refractivity contribution is 1.24. The maximum Gasteiger partial charge on any atom is 0.137 e. The number of amidine groups is 1. The minimum atomic E-state index is 0.708. The molecule has 2 nitrogen and oxygen atoms in total. The summed E-state index contributed by atoms with van der Waals surface area (Å²) in [4.78, 5) is 7.59. The molecule has 0 fully saturated rings. The second kappa shape index (κ2) is 5.01. The minimum Gasteiger partial charge on any atom is -0.241 e. The van der Waals surface area contributed by atoms with E-state index in [2.05, 4.69) is 29.0 Å². The fourth-order valence-electron chi connectivity index (χ4n) is 0.396. The summed E-state index contributed by atoms with van der Waals surface area (Å²) in [6, 6.07) is 0. The van der Waals surface area contributed by atoms with Crippen molar-refractivity contribution in [1.82, 2.24) is 0 Å². The number of hydrogen-bond donors (Lipinski definition) is 0. The van der Waals surface area contributed by atoms with Crippen molar-refractivity contribution in [2.75, 3.05) is 0 Å². The van der Waals surface area contributed by atoms with E-state index in [1.54, 1.807) is 0 Å². The molecule has 0 radical (unpaired) electrons. The molecule has 0 spiro atoms. The van der Waals surface area contributed by atoms with Gasteiger partial charge >= 0.3 is 0 Å². The smallest absolute Gasteiger partial charge is 0.137 e. The zero-order valence-electron chi connectivity index (χ0n) is 5.59. The van der Waals surface area contributed by atoms with Crippen LogP contribution in [0.4, 0.5) is 0 Å². The second-order valence-corrected chi connectivity index (χ2v) is 1.35. The molecular formula is C7H10N2. The zero-order chi connectivity index (χ0) is 7.11. The lowest BCUT2D eigenvalue weighted by Gasteiger charge is -1.86. The van der Waals surface area contributed by atoms with E-state index in [0.29, 0.717) is 5.84 Å². The van der Waals surface area contributed by atoms with E-state index in [1.165, 1.54) is 6.20 Å². The van der Waals surface area contributed by atoms with Crippen molar-refractivity contribution in [3.8, 4) is 0 Å². The molecule has 48 valence electrons. The zero-order valence-corrected chi connectivity index (χ0v) is 5.59. The molecule has 0 bridgehead atoms. The highest BCUT2D eigenvalue weighted by Crippen LogP contribution is 1.86. The molecule has 2 heteroatoms. The quantitative estimate of drug-likeness (QED) is 0.394.